The van der Waals surface area contributed by atoms with E-state index < -0.39 is 51.7 Å². The summed E-state index contributed by atoms with van der Waals surface area (Å²) in [4.78, 5) is 52.4. The molecule has 0 aromatic heterocycles. The van der Waals surface area contributed by atoms with Gasteiger partial charge in [0.2, 0.25) is 23.1 Å². The van der Waals surface area contributed by atoms with Crippen LogP contribution in [0.1, 0.15) is 43.3 Å². The Labute approximate surface area is 198 Å². The summed E-state index contributed by atoms with van der Waals surface area (Å²) in [5.41, 5.74) is -0.299. The highest BCUT2D eigenvalue weighted by atomic mass is 35.5. The largest absolute Gasteiger partial charge is 0.507 e. The molecule has 0 bridgehead atoms. The van der Waals surface area contributed by atoms with Gasteiger partial charge in [0.05, 0.1) is 11.1 Å². The molecule has 2 N–H and O–H groups in total. The van der Waals surface area contributed by atoms with Crippen LogP contribution in [0.4, 0.5) is 0 Å². The number of aliphatic hydroxyl groups excluding tert-OH is 2. The van der Waals surface area contributed by atoms with Crippen molar-refractivity contribution >= 4 is 46.3 Å². The quantitative estimate of drug-likeness (QED) is 0.527. The van der Waals surface area contributed by atoms with Gasteiger partial charge in [-0.2, -0.15) is 0 Å². The molecule has 5 rings (SSSR count). The highest BCUT2D eigenvalue weighted by Crippen LogP contribution is 2.44. The Hall–Kier alpha value is -4.29. The number of carbonyl (C=O) groups is 4. The van der Waals surface area contributed by atoms with Crippen LogP contribution in [0.3, 0.4) is 0 Å². The number of fused-ring (bicyclic) bond motifs is 2. The van der Waals surface area contributed by atoms with E-state index in [9.17, 15) is 29.4 Å². The van der Waals surface area contributed by atoms with Crippen molar-refractivity contribution < 1.29 is 29.4 Å². The molecular weight excluding hydrogens is 456 g/mol. The van der Waals surface area contributed by atoms with E-state index in [0.717, 1.165) is 0 Å². The predicted octanol–water partition coefficient (Wildman–Crippen LogP) is 4.89. The van der Waals surface area contributed by atoms with Crippen LogP contribution in [-0.4, -0.2) is 33.3 Å². The second kappa shape index (κ2) is 7.93. The summed E-state index contributed by atoms with van der Waals surface area (Å²) < 4.78 is 0. The lowest BCUT2D eigenvalue weighted by Crippen LogP contribution is -2.33. The fraction of sp³-hybridized carbons (Fsp3) is 0.0370. The van der Waals surface area contributed by atoms with Crippen molar-refractivity contribution in [2.45, 2.75) is 5.92 Å². The Bertz CT molecular complexity index is 1420. The molecule has 0 spiro atoms. The first-order valence-electron chi connectivity index (χ1n) is 10.3. The molecule has 0 amide bonds. The van der Waals surface area contributed by atoms with Crippen LogP contribution < -0.4 is 0 Å². The highest BCUT2D eigenvalue weighted by molar-refractivity contribution is 6.55. The standard InChI is InChI=1S/C27H15ClO6/c28-14-7-5-6-13(12-14)19(20-22(29)15-8-1-3-10-17(15)24(31)26(20)33)21-23(30)16-9-2-4-11-18(16)25(32)27(21)34/h1-12,19,29-30H. The summed E-state index contributed by atoms with van der Waals surface area (Å²) in [5.74, 6) is -6.26. The molecule has 0 saturated heterocycles. The van der Waals surface area contributed by atoms with E-state index >= 15 is 0 Å². The number of halogens is 1. The lowest BCUT2D eigenvalue weighted by atomic mass is 9.72. The second-order valence-electron chi connectivity index (χ2n) is 7.92. The molecule has 0 fully saturated rings. The third-order valence-corrected chi connectivity index (χ3v) is 6.26. The van der Waals surface area contributed by atoms with Crippen LogP contribution in [0, 0.1) is 0 Å². The number of hydrogen-bond donors (Lipinski definition) is 2. The first kappa shape index (κ1) is 21.6. The van der Waals surface area contributed by atoms with Crippen molar-refractivity contribution in [1.29, 1.82) is 0 Å². The van der Waals surface area contributed by atoms with Crippen LogP contribution in [0.15, 0.2) is 83.9 Å². The van der Waals surface area contributed by atoms with Gasteiger partial charge in [-0.25, -0.2) is 0 Å². The maximum Gasteiger partial charge on any atom is 0.234 e. The van der Waals surface area contributed by atoms with E-state index in [1.165, 1.54) is 36.4 Å². The van der Waals surface area contributed by atoms with Crippen molar-refractivity contribution in [3.05, 3.63) is 117 Å². The predicted molar refractivity (Wildman–Crippen MR) is 125 cm³/mol. The fourth-order valence-corrected chi connectivity index (χ4v) is 4.67. The number of hydrogen-bond acceptors (Lipinski definition) is 6. The van der Waals surface area contributed by atoms with Crippen molar-refractivity contribution in [2.24, 2.45) is 0 Å². The smallest absolute Gasteiger partial charge is 0.234 e. The van der Waals surface area contributed by atoms with Crippen LogP contribution in [0.2, 0.25) is 5.02 Å². The number of aliphatic hydroxyl groups is 2. The van der Waals surface area contributed by atoms with Gasteiger partial charge in [-0.05, 0) is 17.7 Å². The Kier molecular flexibility index (Phi) is 5.03. The lowest BCUT2D eigenvalue weighted by molar-refractivity contribution is -0.112. The molecule has 0 aliphatic heterocycles. The minimum atomic E-state index is -1.42. The number of carbonyl (C=O) groups excluding carboxylic acids is 4. The van der Waals surface area contributed by atoms with Gasteiger partial charge in [0.25, 0.3) is 0 Å². The Morgan fingerprint density at radius 3 is 1.44 bits per heavy atom. The zero-order valence-corrected chi connectivity index (χ0v) is 18.2. The van der Waals surface area contributed by atoms with Crippen molar-refractivity contribution in [2.75, 3.05) is 0 Å². The zero-order chi connectivity index (χ0) is 24.1. The molecule has 3 aromatic carbocycles. The summed E-state index contributed by atoms with van der Waals surface area (Å²) in [6.45, 7) is 0. The topological polar surface area (TPSA) is 109 Å². The molecule has 6 nitrogen and oxygen atoms in total. The number of ketones is 4. The van der Waals surface area contributed by atoms with Gasteiger partial charge in [0.15, 0.2) is 0 Å². The molecule has 2 aliphatic rings. The van der Waals surface area contributed by atoms with E-state index in [-0.39, 0.29) is 32.8 Å². The van der Waals surface area contributed by atoms with E-state index in [0.29, 0.717) is 0 Å². The van der Waals surface area contributed by atoms with Crippen LogP contribution in [-0.2, 0) is 9.59 Å². The van der Waals surface area contributed by atoms with Gasteiger partial charge in [-0.3, -0.25) is 19.2 Å². The van der Waals surface area contributed by atoms with Gasteiger partial charge in [-0.15, -0.1) is 0 Å². The third-order valence-electron chi connectivity index (χ3n) is 6.02. The molecule has 0 radical (unpaired) electrons. The summed E-state index contributed by atoms with van der Waals surface area (Å²) in [6, 6.07) is 18.2. The van der Waals surface area contributed by atoms with E-state index in [1.54, 1.807) is 36.4 Å². The first-order valence-corrected chi connectivity index (χ1v) is 10.7. The lowest BCUT2D eigenvalue weighted by Gasteiger charge is -2.29. The maximum absolute atomic E-state index is 13.3. The Morgan fingerprint density at radius 1 is 0.559 bits per heavy atom. The molecule has 34 heavy (non-hydrogen) atoms. The molecule has 0 unspecified atom stereocenters. The average Bonchev–Trinajstić information content (AvgIpc) is 2.85. The molecule has 166 valence electrons. The molecule has 0 heterocycles. The van der Waals surface area contributed by atoms with Crippen molar-refractivity contribution in [3.63, 3.8) is 0 Å². The summed E-state index contributed by atoms with van der Waals surface area (Å²) in [5, 5.41) is 22.6. The number of benzene rings is 3. The third kappa shape index (κ3) is 3.11. The summed E-state index contributed by atoms with van der Waals surface area (Å²) >= 11 is 6.17. The summed E-state index contributed by atoms with van der Waals surface area (Å²) in [7, 11) is 0. The van der Waals surface area contributed by atoms with Crippen molar-refractivity contribution in [3.8, 4) is 0 Å². The van der Waals surface area contributed by atoms with E-state index in [4.69, 9.17) is 11.6 Å². The van der Waals surface area contributed by atoms with Crippen molar-refractivity contribution in [1.82, 2.24) is 0 Å². The van der Waals surface area contributed by atoms with Crippen LogP contribution >= 0.6 is 11.6 Å². The number of allylic oxidation sites excluding steroid dienone is 2. The average molecular weight is 471 g/mol. The van der Waals surface area contributed by atoms with Gasteiger partial charge in [0.1, 0.15) is 11.5 Å². The first-order chi connectivity index (χ1) is 16.3. The Balaban J connectivity index is 1.87. The highest BCUT2D eigenvalue weighted by Gasteiger charge is 2.44. The Morgan fingerprint density at radius 2 is 1.00 bits per heavy atom. The van der Waals surface area contributed by atoms with E-state index in [1.807, 2.05) is 0 Å². The minimum Gasteiger partial charge on any atom is -0.507 e. The molecule has 3 aromatic rings. The SMILES string of the molecule is O=C1C(=O)c2ccccc2C(O)=C1C(C1=C(O)c2ccccc2C(=O)C1=O)c1cccc(Cl)c1. The number of Topliss-reactive ketones (excluding diaryl/α,β-unsaturated/α-hetero) is 4. The number of rotatable bonds is 3. The monoisotopic (exact) mass is 470 g/mol. The minimum absolute atomic E-state index is 0.0215. The fourth-order valence-electron chi connectivity index (χ4n) is 4.47. The van der Waals surface area contributed by atoms with Gasteiger partial charge in [-0.1, -0.05) is 72.3 Å². The van der Waals surface area contributed by atoms with Gasteiger partial charge >= 0.3 is 0 Å². The van der Waals surface area contributed by atoms with Gasteiger partial charge < -0.3 is 10.2 Å². The molecular formula is C27H15ClO6. The van der Waals surface area contributed by atoms with E-state index in [2.05, 4.69) is 0 Å². The molecule has 7 heteroatoms. The second-order valence-corrected chi connectivity index (χ2v) is 8.36. The van der Waals surface area contributed by atoms with Gasteiger partial charge in [0, 0.05) is 33.2 Å². The van der Waals surface area contributed by atoms with Crippen LogP contribution in [0.25, 0.3) is 11.5 Å². The molecule has 0 saturated carbocycles. The summed E-state index contributed by atoms with van der Waals surface area (Å²) in [6.07, 6.45) is 0. The zero-order valence-electron chi connectivity index (χ0n) is 17.4. The normalized spacial score (nSPS) is 15.7. The van der Waals surface area contributed by atoms with Crippen LogP contribution in [0.5, 0.6) is 0 Å². The maximum atomic E-state index is 13.3. The molecule has 0 atom stereocenters. The molecule has 2 aliphatic carbocycles.